The van der Waals surface area contributed by atoms with E-state index in [0.717, 1.165) is 31.5 Å². The Balaban J connectivity index is 2.13. The predicted octanol–water partition coefficient (Wildman–Crippen LogP) is 1.81. The van der Waals surface area contributed by atoms with Gasteiger partial charge in [-0.1, -0.05) is 6.42 Å². The van der Waals surface area contributed by atoms with Crippen LogP contribution < -0.4 is 10.6 Å². The smallest absolute Gasteiger partial charge is 0.295 e. The summed E-state index contributed by atoms with van der Waals surface area (Å²) in [6, 6.07) is 2.73. The summed E-state index contributed by atoms with van der Waals surface area (Å²) >= 11 is 0. The van der Waals surface area contributed by atoms with Gasteiger partial charge >= 0.3 is 0 Å². The van der Waals surface area contributed by atoms with Crippen LogP contribution in [-0.4, -0.2) is 23.4 Å². The molecule has 6 nitrogen and oxygen atoms in total. The Bertz CT molecular complexity index is 501. The Morgan fingerprint density at radius 2 is 2.26 bits per heavy atom. The second-order valence-electron chi connectivity index (χ2n) is 4.41. The minimum atomic E-state index is -0.715. The summed E-state index contributed by atoms with van der Waals surface area (Å²) in [5.74, 6) is -1.03. The molecule has 0 spiro atoms. The van der Waals surface area contributed by atoms with Gasteiger partial charge in [0.1, 0.15) is 11.5 Å². The number of rotatable bonds is 3. The summed E-state index contributed by atoms with van der Waals surface area (Å²) in [7, 11) is 0. The molecule has 1 atom stereocenters. The molecule has 1 saturated heterocycles. The summed E-state index contributed by atoms with van der Waals surface area (Å²) in [4.78, 5) is 22.0. The zero-order valence-electron chi connectivity index (χ0n) is 10.2. The quantitative estimate of drug-likeness (QED) is 0.646. The van der Waals surface area contributed by atoms with E-state index in [2.05, 4.69) is 10.6 Å². The molecule has 1 aromatic carbocycles. The Kier molecular flexibility index (Phi) is 4.06. The molecule has 1 amide bonds. The van der Waals surface area contributed by atoms with Gasteiger partial charge in [-0.05, 0) is 31.5 Å². The first-order valence-corrected chi connectivity index (χ1v) is 6.06. The zero-order valence-corrected chi connectivity index (χ0v) is 10.2. The largest absolute Gasteiger partial charge is 0.319 e. The first-order chi connectivity index (χ1) is 9.08. The van der Waals surface area contributed by atoms with E-state index in [-0.39, 0.29) is 17.6 Å². The molecule has 1 unspecified atom stereocenters. The van der Waals surface area contributed by atoms with Crippen molar-refractivity contribution in [3.63, 3.8) is 0 Å². The Morgan fingerprint density at radius 1 is 1.47 bits per heavy atom. The second-order valence-corrected chi connectivity index (χ2v) is 4.41. The molecule has 7 heteroatoms. The fraction of sp³-hybridized carbons (Fsp3) is 0.417. The van der Waals surface area contributed by atoms with Gasteiger partial charge in [-0.3, -0.25) is 14.9 Å². The van der Waals surface area contributed by atoms with E-state index in [1.807, 2.05) is 0 Å². The summed E-state index contributed by atoms with van der Waals surface area (Å²) < 4.78 is 13.0. The highest BCUT2D eigenvalue weighted by molar-refractivity contribution is 5.96. The molecule has 0 aromatic heterocycles. The molecule has 0 bridgehead atoms. The topological polar surface area (TPSA) is 84.3 Å². The molecule has 1 fully saturated rings. The number of anilines is 1. The first kappa shape index (κ1) is 13.4. The molecule has 1 aliphatic heterocycles. The molecule has 2 N–H and O–H groups in total. The Labute approximate surface area is 109 Å². The fourth-order valence-corrected chi connectivity index (χ4v) is 2.06. The number of hydrogen-bond acceptors (Lipinski definition) is 4. The van der Waals surface area contributed by atoms with Gasteiger partial charge in [0.15, 0.2) is 0 Å². The van der Waals surface area contributed by atoms with Crippen LogP contribution in [0.3, 0.4) is 0 Å². The lowest BCUT2D eigenvalue weighted by Crippen LogP contribution is -2.43. The van der Waals surface area contributed by atoms with Gasteiger partial charge in [-0.15, -0.1) is 0 Å². The normalized spacial score (nSPS) is 18.9. The van der Waals surface area contributed by atoms with Crippen molar-refractivity contribution >= 4 is 17.3 Å². The van der Waals surface area contributed by atoms with Crippen LogP contribution in [0.2, 0.25) is 0 Å². The van der Waals surface area contributed by atoms with E-state index in [1.165, 1.54) is 6.07 Å². The SMILES string of the molecule is O=C(Nc1ccc(F)cc1[N+](=O)[O-])C1CCCCN1. The molecule has 19 heavy (non-hydrogen) atoms. The van der Waals surface area contributed by atoms with Crippen molar-refractivity contribution < 1.29 is 14.1 Å². The summed E-state index contributed by atoms with van der Waals surface area (Å²) in [6.07, 6.45) is 2.65. The first-order valence-electron chi connectivity index (χ1n) is 6.06. The third-order valence-corrected chi connectivity index (χ3v) is 3.04. The van der Waals surface area contributed by atoms with Gasteiger partial charge in [0.2, 0.25) is 5.91 Å². The van der Waals surface area contributed by atoms with Gasteiger partial charge < -0.3 is 10.6 Å². The van der Waals surface area contributed by atoms with E-state index >= 15 is 0 Å². The number of piperidine rings is 1. The highest BCUT2D eigenvalue weighted by Crippen LogP contribution is 2.25. The molecule has 0 radical (unpaired) electrons. The van der Waals surface area contributed by atoms with Crippen molar-refractivity contribution in [1.82, 2.24) is 5.32 Å². The molecule has 1 aromatic rings. The monoisotopic (exact) mass is 267 g/mol. The van der Waals surface area contributed by atoms with Gasteiger partial charge in [0.25, 0.3) is 5.69 Å². The van der Waals surface area contributed by atoms with Crippen LogP contribution in [0.1, 0.15) is 19.3 Å². The van der Waals surface area contributed by atoms with Crippen molar-refractivity contribution in [2.24, 2.45) is 0 Å². The van der Waals surface area contributed by atoms with Crippen LogP contribution in [0.25, 0.3) is 0 Å². The summed E-state index contributed by atoms with van der Waals surface area (Å²) in [6.45, 7) is 0.754. The summed E-state index contributed by atoms with van der Waals surface area (Å²) in [5, 5.41) is 16.3. The van der Waals surface area contributed by atoms with Gasteiger partial charge in [0.05, 0.1) is 17.0 Å². The Hall–Kier alpha value is -2.02. The minimum Gasteiger partial charge on any atom is -0.319 e. The van der Waals surface area contributed by atoms with Crippen LogP contribution >= 0.6 is 0 Å². The van der Waals surface area contributed by atoms with Crippen molar-refractivity contribution in [2.45, 2.75) is 25.3 Å². The lowest BCUT2D eigenvalue weighted by Gasteiger charge is -2.22. The van der Waals surface area contributed by atoms with Crippen LogP contribution in [0.15, 0.2) is 18.2 Å². The van der Waals surface area contributed by atoms with Crippen molar-refractivity contribution in [1.29, 1.82) is 0 Å². The van der Waals surface area contributed by atoms with Crippen LogP contribution in [0.4, 0.5) is 15.8 Å². The van der Waals surface area contributed by atoms with Crippen LogP contribution in [0.5, 0.6) is 0 Å². The van der Waals surface area contributed by atoms with E-state index in [1.54, 1.807) is 0 Å². The maximum Gasteiger partial charge on any atom is 0.295 e. The van der Waals surface area contributed by atoms with Crippen molar-refractivity contribution in [3.05, 3.63) is 34.1 Å². The lowest BCUT2D eigenvalue weighted by molar-refractivity contribution is -0.384. The Morgan fingerprint density at radius 3 is 2.89 bits per heavy atom. The fourth-order valence-electron chi connectivity index (χ4n) is 2.06. The number of nitro groups is 1. The molecule has 0 aliphatic carbocycles. The molecule has 102 valence electrons. The van der Waals surface area contributed by atoms with Crippen LogP contribution in [0, 0.1) is 15.9 Å². The molecular weight excluding hydrogens is 253 g/mol. The third-order valence-electron chi connectivity index (χ3n) is 3.04. The number of carbonyl (C=O) groups excluding carboxylic acids is 1. The van der Waals surface area contributed by atoms with Crippen molar-refractivity contribution in [2.75, 3.05) is 11.9 Å². The minimum absolute atomic E-state index is 0.0174. The average molecular weight is 267 g/mol. The van der Waals surface area contributed by atoms with Gasteiger partial charge in [-0.25, -0.2) is 4.39 Å². The maximum absolute atomic E-state index is 13.0. The molecule has 2 rings (SSSR count). The number of carbonyl (C=O) groups is 1. The molecular formula is C12H14FN3O3. The number of nitrogens with one attached hydrogen (secondary N) is 2. The highest BCUT2D eigenvalue weighted by Gasteiger charge is 2.23. The molecule has 0 saturated carbocycles. The number of hydrogen-bond donors (Lipinski definition) is 2. The van der Waals surface area contributed by atoms with Gasteiger partial charge in [0, 0.05) is 0 Å². The summed E-state index contributed by atoms with van der Waals surface area (Å²) in [5.41, 5.74) is -0.423. The zero-order chi connectivity index (χ0) is 13.8. The van der Waals surface area contributed by atoms with Crippen LogP contribution in [-0.2, 0) is 4.79 Å². The van der Waals surface area contributed by atoms with Gasteiger partial charge in [-0.2, -0.15) is 0 Å². The standard InChI is InChI=1S/C12H14FN3O3/c13-8-4-5-9(11(7-8)16(18)19)15-12(17)10-3-1-2-6-14-10/h4-5,7,10,14H,1-3,6H2,(H,15,17). The maximum atomic E-state index is 13.0. The highest BCUT2D eigenvalue weighted by atomic mass is 19.1. The predicted molar refractivity (Wildman–Crippen MR) is 67.3 cm³/mol. The van der Waals surface area contributed by atoms with E-state index < -0.39 is 16.4 Å². The van der Waals surface area contributed by atoms with E-state index in [9.17, 15) is 19.3 Å². The number of amides is 1. The molecule has 1 aliphatic rings. The number of benzene rings is 1. The number of nitrogens with zero attached hydrogens (tertiary/aromatic N) is 1. The lowest BCUT2D eigenvalue weighted by atomic mass is 10.0. The number of halogens is 1. The second kappa shape index (κ2) is 5.75. The van der Waals surface area contributed by atoms with E-state index in [0.29, 0.717) is 6.42 Å². The number of nitro benzene ring substituents is 1. The third kappa shape index (κ3) is 3.25. The average Bonchev–Trinajstić information content (AvgIpc) is 2.41. The van der Waals surface area contributed by atoms with E-state index in [4.69, 9.17) is 0 Å². The van der Waals surface area contributed by atoms with Crippen molar-refractivity contribution in [3.8, 4) is 0 Å². The molecule has 1 heterocycles.